The van der Waals surface area contributed by atoms with Crippen LogP contribution in [-0.4, -0.2) is 30.8 Å². The van der Waals surface area contributed by atoms with Crippen molar-refractivity contribution in [3.63, 3.8) is 0 Å². The second-order valence-electron chi connectivity index (χ2n) is 4.02. The van der Waals surface area contributed by atoms with E-state index in [9.17, 15) is 14.9 Å². The highest BCUT2D eigenvalue weighted by Gasteiger charge is 2.21. The second-order valence-corrected chi connectivity index (χ2v) is 4.43. The van der Waals surface area contributed by atoms with E-state index < -0.39 is 10.9 Å². The highest BCUT2D eigenvalue weighted by molar-refractivity contribution is 6.32. The number of pyridine rings is 1. The monoisotopic (exact) mass is 296 g/mol. The van der Waals surface area contributed by atoms with Crippen LogP contribution in [0.1, 0.15) is 21.7 Å². The fourth-order valence-corrected chi connectivity index (χ4v) is 2.08. The summed E-state index contributed by atoms with van der Waals surface area (Å²) in [5.74, 6) is -0.963. The predicted molar refractivity (Wildman–Crippen MR) is 69.5 cm³/mol. The maximum Gasteiger partial charge on any atom is 0.339 e. The summed E-state index contributed by atoms with van der Waals surface area (Å²) in [4.78, 5) is 25.0. The minimum absolute atomic E-state index is 0.0155. The summed E-state index contributed by atoms with van der Waals surface area (Å²) < 4.78 is 1.25. The van der Waals surface area contributed by atoms with Crippen LogP contribution in [0.4, 0.5) is 5.69 Å². The molecule has 8 nitrogen and oxygen atoms in total. The van der Waals surface area contributed by atoms with Gasteiger partial charge in [-0.2, -0.15) is 5.10 Å². The molecule has 0 unspecified atom stereocenters. The number of hydrogen-bond acceptors (Lipinski definition) is 5. The Bertz CT molecular complexity index is 725. The van der Waals surface area contributed by atoms with Crippen LogP contribution in [0.3, 0.4) is 0 Å². The molecule has 0 radical (unpaired) electrons. The number of carboxylic acid groups (broad SMARTS) is 1. The zero-order chi connectivity index (χ0) is 15.0. The Kier molecular flexibility index (Phi) is 3.41. The third kappa shape index (κ3) is 2.21. The lowest BCUT2D eigenvalue weighted by molar-refractivity contribution is -0.385. The SMILES string of the molecule is Cc1nn(-c2ncc([N+](=O)[O-])cc2Cl)c(C)c1C(=O)O. The van der Waals surface area contributed by atoms with E-state index >= 15 is 0 Å². The first kappa shape index (κ1) is 13.9. The number of aromatic nitrogens is 3. The highest BCUT2D eigenvalue weighted by Crippen LogP contribution is 2.25. The third-order valence-corrected chi connectivity index (χ3v) is 3.00. The summed E-state index contributed by atoms with van der Waals surface area (Å²) in [6, 6.07) is 1.14. The van der Waals surface area contributed by atoms with E-state index in [1.807, 2.05) is 0 Å². The number of nitro groups is 1. The van der Waals surface area contributed by atoms with Gasteiger partial charge in [0.25, 0.3) is 5.69 Å². The lowest BCUT2D eigenvalue weighted by Crippen LogP contribution is -2.05. The molecular formula is C11H9ClN4O4. The zero-order valence-corrected chi connectivity index (χ0v) is 11.2. The van der Waals surface area contributed by atoms with E-state index in [1.54, 1.807) is 13.8 Å². The molecule has 0 saturated carbocycles. The quantitative estimate of drug-likeness (QED) is 0.686. The average molecular weight is 297 g/mol. The van der Waals surface area contributed by atoms with Crippen molar-refractivity contribution in [3.05, 3.63) is 44.4 Å². The molecular weight excluding hydrogens is 288 g/mol. The van der Waals surface area contributed by atoms with Crippen molar-refractivity contribution in [2.75, 3.05) is 0 Å². The first-order valence-electron chi connectivity index (χ1n) is 5.42. The molecule has 0 aliphatic heterocycles. The Labute approximate surface area is 117 Å². The van der Waals surface area contributed by atoms with Gasteiger partial charge in [-0.05, 0) is 13.8 Å². The lowest BCUT2D eigenvalue weighted by atomic mass is 10.2. The first-order chi connectivity index (χ1) is 9.32. The zero-order valence-electron chi connectivity index (χ0n) is 10.5. The molecule has 0 atom stereocenters. The average Bonchev–Trinajstić information content (AvgIpc) is 2.64. The molecule has 0 amide bonds. The van der Waals surface area contributed by atoms with Crippen LogP contribution >= 0.6 is 11.6 Å². The van der Waals surface area contributed by atoms with Crippen LogP contribution in [0.2, 0.25) is 5.02 Å². The Hall–Kier alpha value is -2.48. The summed E-state index contributed by atoms with van der Waals surface area (Å²) in [5.41, 5.74) is 0.462. The number of halogens is 1. The topological polar surface area (TPSA) is 111 Å². The minimum Gasteiger partial charge on any atom is -0.478 e. The number of hydrogen-bond donors (Lipinski definition) is 1. The van der Waals surface area contributed by atoms with E-state index in [-0.39, 0.29) is 22.1 Å². The van der Waals surface area contributed by atoms with E-state index in [2.05, 4.69) is 10.1 Å². The van der Waals surface area contributed by atoms with Crippen molar-refractivity contribution in [1.82, 2.24) is 14.8 Å². The van der Waals surface area contributed by atoms with Gasteiger partial charge in [-0.1, -0.05) is 11.6 Å². The molecule has 0 bridgehead atoms. The van der Waals surface area contributed by atoms with Gasteiger partial charge in [-0.25, -0.2) is 14.5 Å². The van der Waals surface area contributed by atoms with Crippen molar-refractivity contribution < 1.29 is 14.8 Å². The largest absolute Gasteiger partial charge is 0.478 e. The van der Waals surface area contributed by atoms with Gasteiger partial charge in [0.05, 0.1) is 21.3 Å². The van der Waals surface area contributed by atoms with Gasteiger partial charge in [-0.15, -0.1) is 0 Å². The van der Waals surface area contributed by atoms with Crippen LogP contribution in [0, 0.1) is 24.0 Å². The fraction of sp³-hybridized carbons (Fsp3) is 0.182. The molecule has 0 aliphatic rings. The molecule has 0 saturated heterocycles. The molecule has 0 fully saturated rings. The summed E-state index contributed by atoms with van der Waals surface area (Å²) in [6.07, 6.45) is 1.04. The maximum absolute atomic E-state index is 11.1. The van der Waals surface area contributed by atoms with E-state index in [0.717, 1.165) is 12.3 Å². The van der Waals surface area contributed by atoms with Crippen molar-refractivity contribution in [3.8, 4) is 5.82 Å². The molecule has 0 aliphatic carbocycles. The smallest absolute Gasteiger partial charge is 0.339 e. The number of aromatic carboxylic acids is 1. The molecule has 20 heavy (non-hydrogen) atoms. The molecule has 2 aromatic heterocycles. The molecule has 2 rings (SSSR count). The minimum atomic E-state index is -1.11. The van der Waals surface area contributed by atoms with Crippen LogP contribution in [0.25, 0.3) is 5.82 Å². The van der Waals surface area contributed by atoms with Crippen molar-refractivity contribution in [2.45, 2.75) is 13.8 Å². The Morgan fingerprint density at radius 1 is 1.50 bits per heavy atom. The Balaban J connectivity index is 2.61. The van der Waals surface area contributed by atoms with Gasteiger partial charge in [0.2, 0.25) is 0 Å². The van der Waals surface area contributed by atoms with Gasteiger partial charge < -0.3 is 5.11 Å². The summed E-state index contributed by atoms with van der Waals surface area (Å²) >= 11 is 5.95. The summed E-state index contributed by atoms with van der Waals surface area (Å²) in [7, 11) is 0. The third-order valence-electron chi connectivity index (χ3n) is 2.72. The predicted octanol–water partition coefficient (Wildman–Crippen LogP) is 2.14. The van der Waals surface area contributed by atoms with Crippen molar-refractivity contribution >= 4 is 23.3 Å². The van der Waals surface area contributed by atoms with Gasteiger partial charge in [-0.3, -0.25) is 10.1 Å². The number of aryl methyl sites for hydroxylation is 1. The van der Waals surface area contributed by atoms with E-state index in [0.29, 0.717) is 11.4 Å². The number of rotatable bonds is 3. The van der Waals surface area contributed by atoms with Gasteiger partial charge in [0.15, 0.2) is 5.82 Å². The highest BCUT2D eigenvalue weighted by atomic mass is 35.5. The molecule has 2 heterocycles. The normalized spacial score (nSPS) is 10.6. The Morgan fingerprint density at radius 2 is 2.15 bits per heavy atom. The number of carboxylic acids is 1. The summed E-state index contributed by atoms with van der Waals surface area (Å²) in [6.45, 7) is 3.11. The fourth-order valence-electron chi connectivity index (χ4n) is 1.83. The first-order valence-corrected chi connectivity index (χ1v) is 5.80. The number of carbonyl (C=O) groups is 1. The Morgan fingerprint density at radius 3 is 2.60 bits per heavy atom. The van der Waals surface area contributed by atoms with E-state index in [4.69, 9.17) is 16.7 Å². The van der Waals surface area contributed by atoms with Crippen molar-refractivity contribution in [2.24, 2.45) is 0 Å². The van der Waals surface area contributed by atoms with Crippen LogP contribution < -0.4 is 0 Å². The molecule has 104 valence electrons. The molecule has 0 spiro atoms. The van der Waals surface area contributed by atoms with Gasteiger partial charge in [0, 0.05) is 6.07 Å². The molecule has 1 N–H and O–H groups in total. The number of nitrogens with zero attached hydrogens (tertiary/aromatic N) is 4. The molecule has 2 aromatic rings. The van der Waals surface area contributed by atoms with Gasteiger partial charge >= 0.3 is 5.97 Å². The second kappa shape index (κ2) is 4.89. The van der Waals surface area contributed by atoms with Crippen LogP contribution in [0.5, 0.6) is 0 Å². The maximum atomic E-state index is 11.1. The van der Waals surface area contributed by atoms with Crippen LogP contribution in [0.15, 0.2) is 12.3 Å². The molecule has 0 aromatic carbocycles. The lowest BCUT2D eigenvalue weighted by Gasteiger charge is -2.05. The van der Waals surface area contributed by atoms with Crippen LogP contribution in [-0.2, 0) is 0 Å². The van der Waals surface area contributed by atoms with Gasteiger partial charge in [0.1, 0.15) is 11.8 Å². The summed E-state index contributed by atoms with van der Waals surface area (Å²) in [5, 5.41) is 23.8. The standard InChI is InChI=1S/C11H9ClN4O4/c1-5-9(11(17)18)6(2)15(14-5)10-8(12)3-7(4-13-10)16(19)20/h3-4H,1-2H3,(H,17,18). The van der Waals surface area contributed by atoms with E-state index in [1.165, 1.54) is 4.68 Å². The van der Waals surface area contributed by atoms with Crippen molar-refractivity contribution in [1.29, 1.82) is 0 Å². The molecule has 9 heteroatoms.